The Morgan fingerprint density at radius 2 is 1.13 bits per heavy atom. The summed E-state index contributed by atoms with van der Waals surface area (Å²) in [5.41, 5.74) is 0.496. The van der Waals surface area contributed by atoms with Gasteiger partial charge in [0.1, 0.15) is 0 Å². The molecular formula is C26H38O4. The van der Waals surface area contributed by atoms with E-state index < -0.39 is 22.8 Å². The predicted molar refractivity (Wildman–Crippen MR) is 118 cm³/mol. The normalized spacial score (nSPS) is 22.7. The van der Waals surface area contributed by atoms with Gasteiger partial charge in [0, 0.05) is 0 Å². The van der Waals surface area contributed by atoms with Crippen LogP contribution in [0.5, 0.6) is 0 Å². The number of carboxylic acid groups (broad SMARTS) is 2. The zero-order valence-electron chi connectivity index (χ0n) is 18.7. The minimum absolute atomic E-state index is 0.207. The van der Waals surface area contributed by atoms with Gasteiger partial charge in [0.2, 0.25) is 0 Å². The van der Waals surface area contributed by atoms with Crippen LogP contribution in [-0.2, 0) is 22.4 Å². The molecule has 4 heteroatoms. The van der Waals surface area contributed by atoms with Gasteiger partial charge in [-0.15, -0.1) is 0 Å². The number of aliphatic carboxylic acids is 2. The summed E-state index contributed by atoms with van der Waals surface area (Å²) in [6.07, 6.45) is 11.8. The first-order chi connectivity index (χ1) is 14.3. The second-order valence-corrected chi connectivity index (χ2v) is 10.3. The van der Waals surface area contributed by atoms with Crippen LogP contribution in [0.15, 0.2) is 24.3 Å². The molecule has 30 heavy (non-hydrogen) atoms. The molecule has 1 aromatic carbocycles. The van der Waals surface area contributed by atoms with E-state index in [9.17, 15) is 19.8 Å². The maximum Gasteiger partial charge on any atom is 0.309 e. The highest BCUT2D eigenvalue weighted by Gasteiger charge is 2.43. The molecule has 0 saturated heterocycles. The number of hydrogen-bond donors (Lipinski definition) is 2. The highest BCUT2D eigenvalue weighted by molar-refractivity contribution is 5.76. The van der Waals surface area contributed by atoms with Crippen molar-refractivity contribution in [3.8, 4) is 0 Å². The smallest absolute Gasteiger partial charge is 0.309 e. The third-order valence-electron chi connectivity index (χ3n) is 8.12. The average Bonchev–Trinajstić information content (AvgIpc) is 2.75. The predicted octanol–water partition coefficient (Wildman–Crippen LogP) is 6.11. The molecule has 2 saturated carbocycles. The maximum absolute atomic E-state index is 12.3. The van der Waals surface area contributed by atoms with Crippen LogP contribution < -0.4 is 0 Å². The highest BCUT2D eigenvalue weighted by Crippen LogP contribution is 2.43. The van der Waals surface area contributed by atoms with Crippen molar-refractivity contribution in [2.45, 2.75) is 90.9 Å². The van der Waals surface area contributed by atoms with Crippen molar-refractivity contribution in [2.24, 2.45) is 22.7 Å². The number of hydrogen-bond acceptors (Lipinski definition) is 2. The molecule has 2 aliphatic rings. The fraction of sp³-hybridized carbons (Fsp3) is 0.692. The van der Waals surface area contributed by atoms with Crippen molar-refractivity contribution in [1.29, 1.82) is 0 Å². The zero-order valence-corrected chi connectivity index (χ0v) is 18.7. The molecule has 1 aromatic rings. The van der Waals surface area contributed by atoms with Crippen molar-refractivity contribution < 1.29 is 19.8 Å². The summed E-state index contributed by atoms with van der Waals surface area (Å²) in [5, 5.41) is 20.1. The van der Waals surface area contributed by atoms with Crippen LogP contribution in [0, 0.1) is 22.7 Å². The summed E-state index contributed by atoms with van der Waals surface area (Å²) in [6, 6.07) is 8.05. The lowest BCUT2D eigenvalue weighted by molar-refractivity contribution is -0.153. The maximum atomic E-state index is 12.3. The Morgan fingerprint density at radius 3 is 1.47 bits per heavy atom. The van der Waals surface area contributed by atoms with Crippen LogP contribution in [0.1, 0.15) is 89.2 Å². The Morgan fingerprint density at radius 1 is 0.767 bits per heavy atom. The van der Waals surface area contributed by atoms with Crippen molar-refractivity contribution in [1.82, 2.24) is 0 Å². The van der Waals surface area contributed by atoms with Gasteiger partial charge in [0.05, 0.1) is 10.8 Å². The molecule has 2 unspecified atom stereocenters. The summed E-state index contributed by atoms with van der Waals surface area (Å²) < 4.78 is 0. The second kappa shape index (κ2) is 9.53. The molecule has 2 N–H and O–H groups in total. The lowest BCUT2D eigenvalue weighted by Crippen LogP contribution is -2.39. The van der Waals surface area contributed by atoms with Crippen LogP contribution in [0.4, 0.5) is 0 Å². The molecule has 166 valence electrons. The van der Waals surface area contributed by atoms with Gasteiger partial charge in [-0.05, 0) is 75.3 Å². The van der Waals surface area contributed by atoms with Gasteiger partial charge in [0.25, 0.3) is 0 Å². The van der Waals surface area contributed by atoms with Gasteiger partial charge in [-0.3, -0.25) is 9.59 Å². The van der Waals surface area contributed by atoms with E-state index in [-0.39, 0.29) is 11.8 Å². The third kappa shape index (κ3) is 4.90. The quantitative estimate of drug-likeness (QED) is 0.538. The average molecular weight is 415 g/mol. The first-order valence-corrected chi connectivity index (χ1v) is 11.8. The van der Waals surface area contributed by atoms with Crippen molar-refractivity contribution in [3.63, 3.8) is 0 Å². The third-order valence-corrected chi connectivity index (χ3v) is 8.12. The van der Waals surface area contributed by atoms with Gasteiger partial charge < -0.3 is 10.2 Å². The molecule has 2 aliphatic carbocycles. The lowest BCUT2D eigenvalue weighted by atomic mass is 9.66. The number of benzene rings is 1. The fourth-order valence-corrected chi connectivity index (χ4v) is 5.97. The second-order valence-electron chi connectivity index (χ2n) is 10.3. The van der Waals surface area contributed by atoms with Crippen molar-refractivity contribution in [2.75, 3.05) is 0 Å². The fourth-order valence-electron chi connectivity index (χ4n) is 5.97. The zero-order chi connectivity index (χ0) is 21.8. The van der Waals surface area contributed by atoms with Crippen LogP contribution in [-0.4, -0.2) is 22.2 Å². The van der Waals surface area contributed by atoms with E-state index in [1.807, 2.05) is 32.0 Å². The van der Waals surface area contributed by atoms with Crippen LogP contribution in [0.3, 0.4) is 0 Å². The van der Waals surface area contributed by atoms with E-state index in [0.29, 0.717) is 12.8 Å². The van der Waals surface area contributed by atoms with E-state index in [1.54, 1.807) is 0 Å². The largest absolute Gasteiger partial charge is 0.481 e. The summed E-state index contributed by atoms with van der Waals surface area (Å²) >= 11 is 0. The van der Waals surface area contributed by atoms with Gasteiger partial charge in [-0.1, -0.05) is 62.8 Å². The van der Waals surface area contributed by atoms with E-state index in [4.69, 9.17) is 0 Å². The molecule has 0 aliphatic heterocycles. The minimum Gasteiger partial charge on any atom is -0.481 e. The summed E-state index contributed by atoms with van der Waals surface area (Å²) in [7, 11) is 0. The molecule has 0 heterocycles. The Bertz CT molecular complexity index is 686. The molecule has 3 rings (SSSR count). The van der Waals surface area contributed by atoms with Crippen LogP contribution in [0.25, 0.3) is 0 Å². The first kappa shape index (κ1) is 22.8. The molecule has 2 atom stereocenters. The molecule has 0 radical (unpaired) electrons. The Balaban J connectivity index is 1.80. The Labute approximate surface area is 181 Å². The van der Waals surface area contributed by atoms with Gasteiger partial charge >= 0.3 is 11.9 Å². The molecule has 4 nitrogen and oxygen atoms in total. The lowest BCUT2D eigenvalue weighted by Gasteiger charge is -2.37. The topological polar surface area (TPSA) is 74.6 Å². The van der Waals surface area contributed by atoms with Gasteiger partial charge in [0.15, 0.2) is 0 Å². The van der Waals surface area contributed by atoms with Gasteiger partial charge in [-0.2, -0.15) is 0 Å². The van der Waals surface area contributed by atoms with Crippen molar-refractivity contribution in [3.05, 3.63) is 35.4 Å². The minimum atomic E-state index is -0.765. The van der Waals surface area contributed by atoms with E-state index in [2.05, 4.69) is 6.07 Å². The molecule has 0 spiro atoms. The number of carbonyl (C=O) groups is 2. The Kier molecular flexibility index (Phi) is 7.26. The highest BCUT2D eigenvalue weighted by atomic mass is 16.4. The monoisotopic (exact) mass is 414 g/mol. The standard InChI is InChI=1S/C26H38O4/c1-25(23(27)28,21-12-5-3-6-13-21)17-19-10-9-11-20(16-19)18-26(2,24(29)30)22-14-7-4-8-15-22/h9-11,16,21-22H,3-8,12-15,17-18H2,1-2H3,(H,27,28)(H,29,30). The number of carboxylic acids is 2. The molecule has 0 bridgehead atoms. The molecule has 2 fully saturated rings. The van der Waals surface area contributed by atoms with Crippen LogP contribution >= 0.6 is 0 Å². The molecular weight excluding hydrogens is 376 g/mol. The van der Waals surface area contributed by atoms with E-state index in [0.717, 1.165) is 62.5 Å². The van der Waals surface area contributed by atoms with Gasteiger partial charge in [-0.25, -0.2) is 0 Å². The summed E-state index contributed by atoms with van der Waals surface area (Å²) in [6.45, 7) is 3.81. The molecule has 0 aromatic heterocycles. The summed E-state index contributed by atoms with van der Waals surface area (Å²) in [5.74, 6) is -1.01. The summed E-state index contributed by atoms with van der Waals surface area (Å²) in [4.78, 5) is 24.5. The van der Waals surface area contributed by atoms with E-state index >= 15 is 0 Å². The van der Waals surface area contributed by atoms with E-state index in [1.165, 1.54) is 12.8 Å². The van der Waals surface area contributed by atoms with Crippen molar-refractivity contribution >= 4 is 11.9 Å². The van der Waals surface area contributed by atoms with Crippen LogP contribution in [0.2, 0.25) is 0 Å². The first-order valence-electron chi connectivity index (χ1n) is 11.8. The SMILES string of the molecule is CC(Cc1cccc(CC(C)(C(=O)O)C2CCCCC2)c1)(C(=O)O)C1CCCCC1. The Hall–Kier alpha value is -1.84. The number of rotatable bonds is 8. The molecule has 0 amide bonds.